The summed E-state index contributed by atoms with van der Waals surface area (Å²) in [7, 11) is 0. The Kier molecular flexibility index (Phi) is 6.76. The number of carbonyl (C=O) groups excluding carboxylic acids is 1. The number of nitrogens with zero attached hydrogens (tertiary/aromatic N) is 2. The van der Waals surface area contributed by atoms with E-state index >= 15 is 0 Å². The molecule has 0 saturated heterocycles. The van der Waals surface area contributed by atoms with Crippen molar-refractivity contribution in [3.8, 4) is 0 Å². The third-order valence-corrected chi connectivity index (χ3v) is 5.68. The van der Waals surface area contributed by atoms with E-state index in [4.69, 9.17) is 0 Å². The normalized spacial score (nSPS) is 12.7. The van der Waals surface area contributed by atoms with Crippen molar-refractivity contribution in [2.45, 2.75) is 72.9 Å². The highest BCUT2D eigenvalue weighted by Gasteiger charge is 2.13. The number of rotatable bonds is 8. The van der Waals surface area contributed by atoms with Crippen molar-refractivity contribution in [3.05, 3.63) is 27.1 Å². The lowest BCUT2D eigenvalue weighted by atomic mass is 10.0. The highest BCUT2D eigenvalue weighted by Crippen LogP contribution is 2.25. The van der Waals surface area contributed by atoms with Gasteiger partial charge in [0.2, 0.25) is 5.91 Å². The van der Waals surface area contributed by atoms with E-state index in [0.717, 1.165) is 28.1 Å². The van der Waals surface area contributed by atoms with Gasteiger partial charge in [-0.15, -0.1) is 11.3 Å². The number of fused-ring (bicyclic) bond motifs is 1. The molecule has 2 aromatic rings. The van der Waals surface area contributed by atoms with E-state index < -0.39 is 0 Å². The molecular formula is C19H29N3O2S. The number of aromatic nitrogens is 2. The maximum atomic E-state index is 12.6. The van der Waals surface area contributed by atoms with Gasteiger partial charge in [-0.1, -0.05) is 26.7 Å². The molecule has 1 unspecified atom stereocenters. The predicted molar refractivity (Wildman–Crippen MR) is 104 cm³/mol. The molecule has 0 aliphatic carbocycles. The summed E-state index contributed by atoms with van der Waals surface area (Å²) in [6.45, 7) is 10.8. The summed E-state index contributed by atoms with van der Waals surface area (Å²) in [5.74, 6) is 0.684. The number of amides is 1. The zero-order chi connectivity index (χ0) is 18.6. The molecule has 0 bridgehead atoms. The first-order valence-corrected chi connectivity index (χ1v) is 9.85. The van der Waals surface area contributed by atoms with E-state index in [1.165, 1.54) is 6.42 Å². The van der Waals surface area contributed by atoms with Crippen LogP contribution in [0.2, 0.25) is 0 Å². The Bertz CT molecular complexity index is 792. The summed E-state index contributed by atoms with van der Waals surface area (Å²) in [4.78, 5) is 31.0. The average molecular weight is 364 g/mol. The lowest BCUT2D eigenvalue weighted by Gasteiger charge is -2.14. The maximum absolute atomic E-state index is 12.6. The molecule has 0 fully saturated rings. The van der Waals surface area contributed by atoms with E-state index in [0.29, 0.717) is 24.3 Å². The second-order valence-electron chi connectivity index (χ2n) is 7.25. The third kappa shape index (κ3) is 5.14. The average Bonchev–Trinajstić information content (AvgIpc) is 2.81. The minimum Gasteiger partial charge on any atom is -0.354 e. The van der Waals surface area contributed by atoms with Gasteiger partial charge in [-0.25, -0.2) is 4.98 Å². The van der Waals surface area contributed by atoms with Crippen molar-refractivity contribution in [2.24, 2.45) is 5.92 Å². The first kappa shape index (κ1) is 19.6. The number of aryl methyl sites for hydroxylation is 3. The summed E-state index contributed by atoms with van der Waals surface area (Å²) in [6, 6.07) is 0.172. The van der Waals surface area contributed by atoms with Gasteiger partial charge >= 0.3 is 0 Å². The van der Waals surface area contributed by atoms with Crippen LogP contribution in [0.3, 0.4) is 0 Å². The summed E-state index contributed by atoms with van der Waals surface area (Å²) in [5, 5.41) is 3.71. The van der Waals surface area contributed by atoms with Crippen molar-refractivity contribution < 1.29 is 4.79 Å². The summed E-state index contributed by atoms with van der Waals surface area (Å²) in [6.07, 6.45) is 5.14. The van der Waals surface area contributed by atoms with Crippen LogP contribution < -0.4 is 10.9 Å². The topological polar surface area (TPSA) is 64.0 Å². The van der Waals surface area contributed by atoms with E-state index in [-0.39, 0.29) is 17.5 Å². The lowest BCUT2D eigenvalue weighted by Crippen LogP contribution is -2.34. The number of thiophene rings is 1. The van der Waals surface area contributed by atoms with Crippen LogP contribution in [-0.4, -0.2) is 21.5 Å². The molecule has 0 radical (unpaired) electrons. The zero-order valence-corrected chi connectivity index (χ0v) is 16.7. The standard InChI is InChI=1S/C19H29N3O2S/c1-12(2)7-6-8-13(3)21-16(23)9-10-22-11-20-18-17(19(22)24)14(4)15(5)25-18/h11-13H,6-10H2,1-5H3,(H,21,23). The van der Waals surface area contributed by atoms with E-state index in [9.17, 15) is 9.59 Å². The fourth-order valence-electron chi connectivity index (χ4n) is 2.90. The van der Waals surface area contributed by atoms with E-state index in [1.54, 1.807) is 22.2 Å². The molecule has 0 aliphatic rings. The van der Waals surface area contributed by atoms with Crippen LogP contribution >= 0.6 is 11.3 Å². The van der Waals surface area contributed by atoms with Crippen LogP contribution in [0.1, 0.15) is 56.9 Å². The number of hydrogen-bond acceptors (Lipinski definition) is 4. The maximum Gasteiger partial charge on any atom is 0.262 e. The summed E-state index contributed by atoms with van der Waals surface area (Å²) >= 11 is 1.54. The molecular weight excluding hydrogens is 334 g/mol. The Morgan fingerprint density at radius 3 is 2.68 bits per heavy atom. The van der Waals surface area contributed by atoms with Crippen LogP contribution in [0, 0.1) is 19.8 Å². The first-order chi connectivity index (χ1) is 11.8. The minimum absolute atomic E-state index is 0.0118. The second kappa shape index (κ2) is 8.61. The van der Waals surface area contributed by atoms with E-state index in [1.807, 2.05) is 20.8 Å². The molecule has 0 spiro atoms. The predicted octanol–water partition coefficient (Wildman–Crippen LogP) is 3.80. The van der Waals surface area contributed by atoms with Gasteiger partial charge in [0.05, 0.1) is 11.7 Å². The van der Waals surface area contributed by atoms with E-state index in [2.05, 4.69) is 24.1 Å². The van der Waals surface area contributed by atoms with Crippen LogP contribution in [0.15, 0.2) is 11.1 Å². The van der Waals surface area contributed by atoms with Crippen molar-refractivity contribution in [2.75, 3.05) is 0 Å². The number of hydrogen-bond donors (Lipinski definition) is 1. The molecule has 0 aromatic carbocycles. The summed E-state index contributed by atoms with van der Waals surface area (Å²) in [5.41, 5.74) is 0.944. The SMILES string of the molecule is Cc1sc2ncn(CCC(=O)NC(C)CCCC(C)C)c(=O)c2c1C. The van der Waals surface area contributed by atoms with Gasteiger partial charge in [0.25, 0.3) is 5.56 Å². The number of nitrogens with one attached hydrogen (secondary N) is 1. The van der Waals surface area contributed by atoms with Gasteiger partial charge in [-0.2, -0.15) is 0 Å². The molecule has 1 amide bonds. The van der Waals surface area contributed by atoms with Crippen molar-refractivity contribution in [1.82, 2.24) is 14.9 Å². The van der Waals surface area contributed by atoms with Gasteiger partial charge in [0.1, 0.15) is 4.83 Å². The van der Waals surface area contributed by atoms with Crippen LogP contribution in [0.25, 0.3) is 10.2 Å². The van der Waals surface area contributed by atoms with Crippen LogP contribution in [-0.2, 0) is 11.3 Å². The largest absolute Gasteiger partial charge is 0.354 e. The van der Waals surface area contributed by atoms with Crippen molar-refractivity contribution >= 4 is 27.5 Å². The molecule has 0 saturated carbocycles. The first-order valence-electron chi connectivity index (χ1n) is 9.04. The smallest absolute Gasteiger partial charge is 0.262 e. The summed E-state index contributed by atoms with van der Waals surface area (Å²) < 4.78 is 1.55. The number of carbonyl (C=O) groups is 1. The Morgan fingerprint density at radius 1 is 1.28 bits per heavy atom. The highest BCUT2D eigenvalue weighted by molar-refractivity contribution is 7.18. The molecule has 2 rings (SSSR count). The molecule has 25 heavy (non-hydrogen) atoms. The molecule has 2 aromatic heterocycles. The lowest BCUT2D eigenvalue weighted by molar-refractivity contribution is -0.121. The fourth-order valence-corrected chi connectivity index (χ4v) is 3.89. The monoisotopic (exact) mass is 363 g/mol. The highest BCUT2D eigenvalue weighted by atomic mass is 32.1. The van der Waals surface area contributed by atoms with Crippen molar-refractivity contribution in [3.63, 3.8) is 0 Å². The fraction of sp³-hybridized carbons (Fsp3) is 0.632. The van der Waals surface area contributed by atoms with Gasteiger partial charge in [0, 0.05) is 23.9 Å². The minimum atomic E-state index is -0.0513. The van der Waals surface area contributed by atoms with Gasteiger partial charge in [-0.3, -0.25) is 14.2 Å². The molecule has 1 N–H and O–H groups in total. The Balaban J connectivity index is 1.91. The zero-order valence-electron chi connectivity index (χ0n) is 15.9. The van der Waals surface area contributed by atoms with Crippen LogP contribution in [0.5, 0.6) is 0 Å². The van der Waals surface area contributed by atoms with Gasteiger partial charge in [0.15, 0.2) is 0 Å². The molecule has 1 atom stereocenters. The Labute approximate surface area is 153 Å². The second-order valence-corrected chi connectivity index (χ2v) is 8.45. The van der Waals surface area contributed by atoms with Crippen molar-refractivity contribution in [1.29, 1.82) is 0 Å². The molecule has 6 heteroatoms. The third-order valence-electron chi connectivity index (χ3n) is 4.56. The van der Waals surface area contributed by atoms with Gasteiger partial charge < -0.3 is 5.32 Å². The molecule has 0 aliphatic heterocycles. The Hall–Kier alpha value is -1.69. The quantitative estimate of drug-likeness (QED) is 0.776. The molecule has 5 nitrogen and oxygen atoms in total. The molecule has 2 heterocycles. The van der Waals surface area contributed by atoms with Gasteiger partial charge in [-0.05, 0) is 38.7 Å². The van der Waals surface area contributed by atoms with Crippen LogP contribution in [0.4, 0.5) is 0 Å². The molecule has 138 valence electrons. The Morgan fingerprint density at radius 2 is 2.00 bits per heavy atom.